The number of hydrogen-bond donors (Lipinski definition) is 3. The van der Waals surface area contributed by atoms with E-state index in [-0.39, 0.29) is 18.4 Å². The molecular formula is C19H26N3O3+. The average Bonchev–Trinajstić information content (AvgIpc) is 2.61. The molecule has 0 aliphatic heterocycles. The number of methoxy groups -OCH3 is 1. The lowest BCUT2D eigenvalue weighted by atomic mass is 10.1. The number of aromatic hydroxyl groups is 1. The molecule has 1 aromatic carbocycles. The van der Waals surface area contributed by atoms with Gasteiger partial charge in [0.05, 0.1) is 40.1 Å². The van der Waals surface area contributed by atoms with Gasteiger partial charge in [-0.25, -0.2) is 0 Å². The number of aliphatic hydroxyl groups is 1. The molecule has 1 heterocycles. The Labute approximate surface area is 148 Å². The third-order valence-corrected chi connectivity index (χ3v) is 4.23. The van der Waals surface area contributed by atoms with Crippen molar-refractivity contribution in [3.05, 3.63) is 52.8 Å². The summed E-state index contributed by atoms with van der Waals surface area (Å²) in [6.45, 7) is 2.07. The smallest absolute Gasteiger partial charge is 0.145 e. The minimum atomic E-state index is -0.194. The van der Waals surface area contributed by atoms with Gasteiger partial charge in [-0.3, -0.25) is 9.98 Å². The van der Waals surface area contributed by atoms with Gasteiger partial charge in [0, 0.05) is 29.1 Å². The molecule has 2 aromatic rings. The third kappa shape index (κ3) is 4.55. The molecule has 1 atom stereocenters. The van der Waals surface area contributed by atoms with Crippen LogP contribution >= 0.6 is 0 Å². The molecule has 0 aliphatic carbocycles. The number of nitrogens with zero attached hydrogens (tertiary/aromatic N) is 2. The van der Waals surface area contributed by atoms with Gasteiger partial charge in [0.2, 0.25) is 0 Å². The normalized spacial score (nSPS) is 12.7. The molecule has 0 fully saturated rings. The molecule has 6 nitrogen and oxygen atoms in total. The Kier molecular flexibility index (Phi) is 6.50. The minimum absolute atomic E-state index is 0.0606. The summed E-state index contributed by atoms with van der Waals surface area (Å²) >= 11 is 0. The zero-order chi connectivity index (χ0) is 18.4. The summed E-state index contributed by atoms with van der Waals surface area (Å²) in [4.78, 5) is 9.82. The number of benzene rings is 1. The first kappa shape index (κ1) is 18.9. The fourth-order valence-electron chi connectivity index (χ4n) is 2.65. The fourth-order valence-corrected chi connectivity index (χ4v) is 2.65. The molecule has 6 heteroatoms. The second-order valence-corrected chi connectivity index (χ2v) is 6.19. The van der Waals surface area contributed by atoms with Gasteiger partial charge in [-0.05, 0) is 19.1 Å². The van der Waals surface area contributed by atoms with E-state index in [2.05, 4.69) is 30.1 Å². The summed E-state index contributed by atoms with van der Waals surface area (Å²) in [6.07, 6.45) is 3.18. The first-order valence-electron chi connectivity index (χ1n) is 8.20. The van der Waals surface area contributed by atoms with Crippen molar-refractivity contribution in [3.8, 4) is 11.5 Å². The Morgan fingerprint density at radius 1 is 1.36 bits per heavy atom. The van der Waals surface area contributed by atoms with Gasteiger partial charge < -0.3 is 19.8 Å². The summed E-state index contributed by atoms with van der Waals surface area (Å²) in [6, 6.07) is 8.10. The summed E-state index contributed by atoms with van der Waals surface area (Å²) in [5.74, 6) is 0.878. The van der Waals surface area contributed by atoms with Gasteiger partial charge in [-0.15, -0.1) is 0 Å². The summed E-state index contributed by atoms with van der Waals surface area (Å²) in [5.41, 5.74) is 2.73. The topological polar surface area (TPSA) is 79.4 Å². The van der Waals surface area contributed by atoms with Crippen LogP contribution in [0.2, 0.25) is 0 Å². The summed E-state index contributed by atoms with van der Waals surface area (Å²) in [7, 11) is 5.81. The maximum atomic E-state index is 10.2. The second-order valence-electron chi connectivity index (χ2n) is 6.19. The van der Waals surface area contributed by atoms with Gasteiger partial charge in [0.15, 0.2) is 0 Å². The molecule has 0 radical (unpaired) electrons. The van der Waals surface area contributed by atoms with E-state index >= 15 is 0 Å². The molecule has 0 spiro atoms. The highest BCUT2D eigenvalue weighted by Gasteiger charge is 2.18. The molecule has 0 saturated carbocycles. The standard InChI is InChI=1S/C19H25N3O3/c1-13-19(24)17(15(12-23)9-21-13)10-20-11-18(22(2)3)14-6-5-7-16(8-14)25-4/h5-10,18,23-24H,11-12H2,1-4H3/p+1/t18-/m1/s1. The highest BCUT2D eigenvalue weighted by molar-refractivity contribution is 5.85. The van der Waals surface area contributed by atoms with Gasteiger partial charge in [0.1, 0.15) is 17.5 Å². The minimum Gasteiger partial charge on any atom is -0.505 e. The number of nitrogens with one attached hydrogen (secondary N) is 1. The Morgan fingerprint density at radius 3 is 2.76 bits per heavy atom. The number of likely N-dealkylation sites (N-methyl/N-ethyl adjacent to an activating group) is 1. The van der Waals surface area contributed by atoms with E-state index in [4.69, 9.17) is 4.74 Å². The number of aliphatic imine (C=N–C) groups is 1. The molecule has 0 bridgehead atoms. The van der Waals surface area contributed by atoms with Crippen LogP contribution in [0.3, 0.4) is 0 Å². The van der Waals surface area contributed by atoms with E-state index in [0.29, 0.717) is 23.4 Å². The summed E-state index contributed by atoms with van der Waals surface area (Å²) in [5, 5.41) is 19.6. The maximum absolute atomic E-state index is 10.2. The van der Waals surface area contributed by atoms with Crippen LogP contribution in [0.1, 0.15) is 28.4 Å². The largest absolute Gasteiger partial charge is 0.505 e. The first-order valence-corrected chi connectivity index (χ1v) is 8.20. The van der Waals surface area contributed by atoms with Crippen LogP contribution < -0.4 is 9.64 Å². The Bertz CT molecular complexity index is 745. The molecule has 1 aromatic heterocycles. The van der Waals surface area contributed by atoms with Crippen molar-refractivity contribution < 1.29 is 19.8 Å². The molecule has 25 heavy (non-hydrogen) atoms. The van der Waals surface area contributed by atoms with Crippen molar-refractivity contribution in [3.63, 3.8) is 0 Å². The van der Waals surface area contributed by atoms with E-state index in [0.717, 1.165) is 11.3 Å². The van der Waals surface area contributed by atoms with E-state index in [9.17, 15) is 10.2 Å². The van der Waals surface area contributed by atoms with Crippen LogP contribution in [0, 0.1) is 6.92 Å². The van der Waals surface area contributed by atoms with Gasteiger partial charge in [-0.2, -0.15) is 0 Å². The monoisotopic (exact) mass is 344 g/mol. The number of aliphatic hydroxyl groups excluding tert-OH is 1. The van der Waals surface area contributed by atoms with Crippen molar-refractivity contribution in [2.24, 2.45) is 4.99 Å². The lowest BCUT2D eigenvalue weighted by Crippen LogP contribution is -3.06. The number of ether oxygens (including phenoxy) is 1. The lowest BCUT2D eigenvalue weighted by molar-refractivity contribution is -0.890. The highest BCUT2D eigenvalue weighted by atomic mass is 16.5. The van der Waals surface area contributed by atoms with Crippen molar-refractivity contribution in [2.45, 2.75) is 19.6 Å². The molecule has 134 valence electrons. The zero-order valence-corrected chi connectivity index (χ0v) is 15.2. The molecule has 0 aliphatic rings. The van der Waals surface area contributed by atoms with Crippen molar-refractivity contribution in [1.82, 2.24) is 4.98 Å². The Hall–Kier alpha value is -2.44. The van der Waals surface area contributed by atoms with E-state index < -0.39 is 0 Å². The second kappa shape index (κ2) is 8.60. The molecule has 0 unspecified atom stereocenters. The maximum Gasteiger partial charge on any atom is 0.145 e. The zero-order valence-electron chi connectivity index (χ0n) is 15.2. The highest BCUT2D eigenvalue weighted by Crippen LogP contribution is 2.22. The predicted molar refractivity (Wildman–Crippen MR) is 97.6 cm³/mol. The Balaban J connectivity index is 2.25. The molecule has 3 N–H and O–H groups in total. The van der Waals surface area contributed by atoms with Gasteiger partial charge in [0.25, 0.3) is 0 Å². The van der Waals surface area contributed by atoms with Crippen LogP contribution in [0.5, 0.6) is 11.5 Å². The first-order chi connectivity index (χ1) is 12.0. The predicted octanol–water partition coefficient (Wildman–Crippen LogP) is 0.901. The van der Waals surface area contributed by atoms with Crippen LogP contribution in [-0.2, 0) is 6.61 Å². The number of quaternary nitrogens is 1. The quantitative estimate of drug-likeness (QED) is 0.652. The number of rotatable bonds is 7. The average molecular weight is 344 g/mol. The van der Waals surface area contributed by atoms with E-state index in [1.807, 2.05) is 18.2 Å². The van der Waals surface area contributed by atoms with Gasteiger partial charge in [-0.1, -0.05) is 12.1 Å². The molecule has 2 rings (SSSR count). The van der Waals surface area contributed by atoms with Crippen molar-refractivity contribution in [1.29, 1.82) is 0 Å². The van der Waals surface area contributed by atoms with Crippen LogP contribution in [0.25, 0.3) is 0 Å². The number of pyridine rings is 1. The van der Waals surface area contributed by atoms with Crippen LogP contribution in [-0.4, -0.2) is 49.2 Å². The van der Waals surface area contributed by atoms with Gasteiger partial charge >= 0.3 is 0 Å². The lowest BCUT2D eigenvalue weighted by Gasteiger charge is -2.20. The van der Waals surface area contributed by atoms with E-state index in [1.54, 1.807) is 26.4 Å². The number of hydrogen-bond acceptors (Lipinski definition) is 5. The van der Waals surface area contributed by atoms with Crippen molar-refractivity contribution >= 4 is 6.21 Å². The molecule has 0 amide bonds. The number of aryl methyl sites for hydroxylation is 1. The van der Waals surface area contributed by atoms with Crippen LogP contribution in [0.15, 0.2) is 35.5 Å². The number of aromatic nitrogens is 1. The third-order valence-electron chi connectivity index (χ3n) is 4.23. The van der Waals surface area contributed by atoms with Crippen LogP contribution in [0.4, 0.5) is 0 Å². The molecule has 0 saturated heterocycles. The van der Waals surface area contributed by atoms with E-state index in [1.165, 1.54) is 4.90 Å². The summed E-state index contributed by atoms with van der Waals surface area (Å²) < 4.78 is 5.30. The Morgan fingerprint density at radius 2 is 2.12 bits per heavy atom. The van der Waals surface area contributed by atoms with Crippen molar-refractivity contribution in [2.75, 3.05) is 27.7 Å². The SMILES string of the molecule is COc1cccc([C@@H](CN=Cc2c(CO)cnc(C)c2O)[NH+](C)C)c1. The fraction of sp³-hybridized carbons (Fsp3) is 0.368. The molecular weight excluding hydrogens is 318 g/mol.